The van der Waals surface area contributed by atoms with Gasteiger partial charge in [0.1, 0.15) is 11.5 Å². The van der Waals surface area contributed by atoms with Crippen LogP contribution in [0.25, 0.3) is 0 Å². The average Bonchev–Trinajstić information content (AvgIpc) is 3.28. The molecule has 19 heavy (non-hydrogen) atoms. The second-order valence-corrected chi connectivity index (χ2v) is 4.64. The summed E-state index contributed by atoms with van der Waals surface area (Å²) in [6, 6.07) is 16.9. The van der Waals surface area contributed by atoms with Crippen LogP contribution in [0.4, 0.5) is 5.69 Å². The topological polar surface area (TPSA) is 21.5 Å². The van der Waals surface area contributed by atoms with E-state index in [1.54, 1.807) is 14.2 Å². The molecule has 1 heterocycles. The van der Waals surface area contributed by atoms with Gasteiger partial charge in [-0.1, -0.05) is 12.1 Å². The minimum absolute atomic E-state index is 0.462. The molecule has 1 aliphatic rings. The third kappa shape index (κ3) is 2.36. The Morgan fingerprint density at radius 1 is 0.947 bits per heavy atom. The van der Waals surface area contributed by atoms with E-state index in [0.29, 0.717) is 6.04 Å². The van der Waals surface area contributed by atoms with Gasteiger partial charge in [0, 0.05) is 12.2 Å². The molecule has 0 saturated carbocycles. The zero-order valence-electron chi connectivity index (χ0n) is 11.2. The summed E-state index contributed by atoms with van der Waals surface area (Å²) in [5.41, 5.74) is 2.53. The van der Waals surface area contributed by atoms with Crippen LogP contribution in [0.3, 0.4) is 0 Å². The molecule has 1 atom stereocenters. The first-order valence-electron chi connectivity index (χ1n) is 6.36. The number of hydrogen-bond donors (Lipinski definition) is 0. The van der Waals surface area contributed by atoms with Crippen LogP contribution in [0.2, 0.25) is 0 Å². The molecular weight excluding hydrogens is 238 g/mol. The highest BCUT2D eigenvalue weighted by Gasteiger charge is 2.35. The fourth-order valence-electron chi connectivity index (χ4n) is 2.33. The van der Waals surface area contributed by atoms with Gasteiger partial charge >= 0.3 is 0 Å². The van der Waals surface area contributed by atoms with E-state index in [4.69, 9.17) is 9.47 Å². The molecule has 3 rings (SSSR count). The Balaban J connectivity index is 1.75. The third-order valence-corrected chi connectivity index (χ3v) is 3.49. The third-order valence-electron chi connectivity index (χ3n) is 3.49. The Labute approximate surface area is 113 Å². The van der Waals surface area contributed by atoms with Crippen molar-refractivity contribution in [2.75, 3.05) is 25.7 Å². The van der Waals surface area contributed by atoms with E-state index >= 15 is 0 Å². The molecule has 0 radical (unpaired) electrons. The second kappa shape index (κ2) is 4.84. The summed E-state index contributed by atoms with van der Waals surface area (Å²) in [5, 5.41) is 0. The van der Waals surface area contributed by atoms with Gasteiger partial charge in [0.2, 0.25) is 0 Å². The van der Waals surface area contributed by atoms with Crippen molar-refractivity contribution < 1.29 is 9.47 Å². The lowest BCUT2D eigenvalue weighted by Gasteiger charge is -2.08. The fourth-order valence-corrected chi connectivity index (χ4v) is 2.33. The molecule has 0 aliphatic carbocycles. The highest BCUT2D eigenvalue weighted by molar-refractivity contribution is 5.58. The molecule has 98 valence electrons. The van der Waals surface area contributed by atoms with E-state index in [-0.39, 0.29) is 0 Å². The maximum absolute atomic E-state index is 5.27. The highest BCUT2D eigenvalue weighted by atomic mass is 16.5. The van der Waals surface area contributed by atoms with Crippen molar-refractivity contribution in [3.05, 3.63) is 54.1 Å². The van der Waals surface area contributed by atoms with Crippen molar-refractivity contribution in [1.82, 2.24) is 0 Å². The predicted molar refractivity (Wildman–Crippen MR) is 76.1 cm³/mol. The number of nitrogens with zero attached hydrogens (tertiary/aromatic N) is 1. The molecule has 3 nitrogen and oxygen atoms in total. The molecular formula is C16H17NO2. The monoisotopic (exact) mass is 255 g/mol. The smallest absolute Gasteiger partial charge is 0.119 e. The van der Waals surface area contributed by atoms with E-state index < -0.39 is 0 Å². The lowest BCUT2D eigenvalue weighted by Crippen LogP contribution is -1.95. The minimum atomic E-state index is 0.462. The van der Waals surface area contributed by atoms with Crippen molar-refractivity contribution in [1.29, 1.82) is 0 Å². The number of benzene rings is 2. The molecule has 1 fully saturated rings. The molecule has 0 N–H and O–H groups in total. The molecule has 0 spiro atoms. The Morgan fingerprint density at radius 3 is 2.37 bits per heavy atom. The second-order valence-electron chi connectivity index (χ2n) is 4.64. The maximum Gasteiger partial charge on any atom is 0.119 e. The molecule has 0 bridgehead atoms. The van der Waals surface area contributed by atoms with Crippen LogP contribution in [-0.2, 0) is 0 Å². The molecule has 0 unspecified atom stereocenters. The molecule has 1 aliphatic heterocycles. The molecule has 2 aromatic rings. The number of hydrogen-bond acceptors (Lipinski definition) is 3. The minimum Gasteiger partial charge on any atom is -0.497 e. The highest BCUT2D eigenvalue weighted by Crippen LogP contribution is 2.40. The van der Waals surface area contributed by atoms with E-state index in [0.717, 1.165) is 18.0 Å². The van der Waals surface area contributed by atoms with E-state index in [2.05, 4.69) is 29.2 Å². The van der Waals surface area contributed by atoms with Gasteiger partial charge in [-0.05, 0) is 42.0 Å². The SMILES string of the molecule is COc1ccc(N2C[C@H]2c2cccc(OC)c2)cc1. The van der Waals surface area contributed by atoms with Gasteiger partial charge in [0.15, 0.2) is 0 Å². The lowest BCUT2D eigenvalue weighted by molar-refractivity contribution is 0.414. The Kier molecular flexibility index (Phi) is 3.03. The quantitative estimate of drug-likeness (QED) is 0.783. The van der Waals surface area contributed by atoms with Gasteiger partial charge in [0.05, 0.1) is 20.3 Å². The summed E-state index contributed by atoms with van der Waals surface area (Å²) >= 11 is 0. The van der Waals surface area contributed by atoms with Gasteiger partial charge in [-0.3, -0.25) is 0 Å². The van der Waals surface area contributed by atoms with Crippen LogP contribution in [0, 0.1) is 0 Å². The van der Waals surface area contributed by atoms with Crippen molar-refractivity contribution in [2.45, 2.75) is 6.04 Å². The fraction of sp³-hybridized carbons (Fsp3) is 0.250. The van der Waals surface area contributed by atoms with Crippen LogP contribution in [-0.4, -0.2) is 20.8 Å². The van der Waals surface area contributed by atoms with Gasteiger partial charge in [-0.25, -0.2) is 0 Å². The van der Waals surface area contributed by atoms with E-state index in [1.165, 1.54) is 11.3 Å². The average molecular weight is 255 g/mol. The first-order chi connectivity index (χ1) is 9.31. The number of rotatable bonds is 4. The summed E-state index contributed by atoms with van der Waals surface area (Å²) in [4.78, 5) is 2.36. The molecule has 3 heteroatoms. The lowest BCUT2D eigenvalue weighted by atomic mass is 10.1. The summed E-state index contributed by atoms with van der Waals surface area (Å²) in [5.74, 6) is 1.81. The predicted octanol–water partition coefficient (Wildman–Crippen LogP) is 3.27. The number of methoxy groups -OCH3 is 2. The standard InChI is InChI=1S/C16H17NO2/c1-18-14-8-6-13(7-9-14)17-11-16(17)12-4-3-5-15(10-12)19-2/h3-10,16H,11H2,1-2H3/t16-,17?/m0/s1. The zero-order chi connectivity index (χ0) is 13.2. The first kappa shape index (κ1) is 11.9. The van der Waals surface area contributed by atoms with E-state index in [9.17, 15) is 0 Å². The van der Waals surface area contributed by atoms with Crippen LogP contribution >= 0.6 is 0 Å². The Morgan fingerprint density at radius 2 is 1.68 bits per heavy atom. The molecule has 1 saturated heterocycles. The van der Waals surface area contributed by atoms with Gasteiger partial charge < -0.3 is 14.4 Å². The van der Waals surface area contributed by atoms with Crippen molar-refractivity contribution >= 4 is 5.69 Å². The Bertz CT molecular complexity index is 565. The van der Waals surface area contributed by atoms with Gasteiger partial charge in [0.25, 0.3) is 0 Å². The number of ether oxygens (including phenoxy) is 2. The zero-order valence-corrected chi connectivity index (χ0v) is 11.2. The Hall–Kier alpha value is -2.16. The van der Waals surface area contributed by atoms with Crippen LogP contribution < -0.4 is 14.4 Å². The summed E-state index contributed by atoms with van der Waals surface area (Å²) in [6.45, 7) is 1.06. The molecule has 0 aromatic heterocycles. The van der Waals surface area contributed by atoms with Gasteiger partial charge in [-0.2, -0.15) is 0 Å². The number of anilines is 1. The van der Waals surface area contributed by atoms with Crippen LogP contribution in [0.15, 0.2) is 48.5 Å². The van der Waals surface area contributed by atoms with Crippen molar-refractivity contribution in [2.24, 2.45) is 0 Å². The summed E-state index contributed by atoms with van der Waals surface area (Å²) in [6.07, 6.45) is 0. The first-order valence-corrected chi connectivity index (χ1v) is 6.36. The normalized spacial score (nSPS) is 17.2. The molecule has 0 amide bonds. The largest absolute Gasteiger partial charge is 0.497 e. The molecule has 2 aromatic carbocycles. The van der Waals surface area contributed by atoms with Crippen LogP contribution in [0.5, 0.6) is 11.5 Å². The van der Waals surface area contributed by atoms with Crippen molar-refractivity contribution in [3.63, 3.8) is 0 Å². The maximum atomic E-state index is 5.27. The van der Waals surface area contributed by atoms with Crippen LogP contribution in [0.1, 0.15) is 11.6 Å². The van der Waals surface area contributed by atoms with Crippen molar-refractivity contribution in [3.8, 4) is 11.5 Å². The van der Waals surface area contributed by atoms with E-state index in [1.807, 2.05) is 24.3 Å². The van der Waals surface area contributed by atoms with Gasteiger partial charge in [-0.15, -0.1) is 0 Å². The summed E-state index contributed by atoms with van der Waals surface area (Å²) < 4.78 is 10.4. The summed E-state index contributed by atoms with van der Waals surface area (Å²) in [7, 11) is 3.39.